The molecule has 0 saturated carbocycles. The average Bonchev–Trinajstić information content (AvgIpc) is 2.97. The van der Waals surface area contributed by atoms with Crippen LogP contribution < -0.4 is 5.32 Å². The minimum Gasteiger partial charge on any atom is -0.456 e. The monoisotopic (exact) mass is 427 g/mol. The first-order valence-electron chi connectivity index (χ1n) is 10.7. The molecular weight excluding hydrogens is 394 g/mol. The summed E-state index contributed by atoms with van der Waals surface area (Å²) in [5, 5.41) is 7.21. The van der Waals surface area contributed by atoms with Gasteiger partial charge in [-0.3, -0.25) is 19.1 Å². The maximum atomic E-state index is 12.2. The largest absolute Gasteiger partial charge is 0.456 e. The van der Waals surface area contributed by atoms with Crippen molar-refractivity contribution < 1.29 is 19.1 Å². The maximum Gasteiger partial charge on any atom is 0.306 e. The molecule has 31 heavy (non-hydrogen) atoms. The molecule has 7 nitrogen and oxygen atoms in total. The van der Waals surface area contributed by atoms with E-state index in [1.807, 2.05) is 48.9 Å². The van der Waals surface area contributed by atoms with Crippen molar-refractivity contribution in [2.45, 2.75) is 66.5 Å². The number of aryl methyl sites for hydroxylation is 1. The Kier molecular flexibility index (Phi) is 8.97. The Morgan fingerprint density at radius 1 is 1.13 bits per heavy atom. The van der Waals surface area contributed by atoms with E-state index in [4.69, 9.17) is 4.74 Å². The zero-order chi connectivity index (χ0) is 23.0. The van der Waals surface area contributed by atoms with Crippen LogP contribution >= 0.6 is 0 Å². The fraction of sp³-hybridized carbons (Fsp3) is 0.500. The van der Waals surface area contributed by atoms with Crippen LogP contribution in [-0.4, -0.2) is 40.1 Å². The number of nitrogens with zero attached hydrogens (tertiary/aromatic N) is 2. The van der Waals surface area contributed by atoms with E-state index in [0.29, 0.717) is 18.8 Å². The van der Waals surface area contributed by atoms with Gasteiger partial charge in [-0.15, -0.1) is 0 Å². The lowest BCUT2D eigenvalue weighted by molar-refractivity contribution is -0.148. The average molecular weight is 428 g/mol. The van der Waals surface area contributed by atoms with Crippen LogP contribution in [0.25, 0.3) is 0 Å². The van der Waals surface area contributed by atoms with E-state index in [0.717, 1.165) is 29.1 Å². The molecule has 1 N–H and O–H groups in total. The molecule has 1 aromatic heterocycles. The van der Waals surface area contributed by atoms with E-state index in [1.165, 1.54) is 6.92 Å². The van der Waals surface area contributed by atoms with Gasteiger partial charge in [0.05, 0.1) is 11.7 Å². The lowest BCUT2D eigenvalue weighted by Crippen LogP contribution is -2.43. The number of amides is 1. The lowest BCUT2D eigenvalue weighted by atomic mass is 10.0. The maximum absolute atomic E-state index is 12.2. The van der Waals surface area contributed by atoms with Crippen molar-refractivity contribution in [3.05, 3.63) is 52.8 Å². The topological polar surface area (TPSA) is 90.3 Å². The first-order chi connectivity index (χ1) is 14.7. The minimum atomic E-state index is -0.648. The number of Topliss-reactive ketones (excluding diaryl/α,β-unsaturated/α-hetero) is 1. The van der Waals surface area contributed by atoms with Gasteiger partial charge in [-0.1, -0.05) is 44.2 Å². The zero-order valence-corrected chi connectivity index (χ0v) is 19.1. The summed E-state index contributed by atoms with van der Waals surface area (Å²) >= 11 is 0. The second kappa shape index (κ2) is 11.4. The lowest BCUT2D eigenvalue weighted by Gasteiger charge is -2.16. The number of rotatable bonds is 11. The molecule has 1 amide bonds. The molecule has 168 valence electrons. The third kappa shape index (κ3) is 7.66. The van der Waals surface area contributed by atoms with E-state index in [1.54, 1.807) is 0 Å². The molecule has 7 heteroatoms. The van der Waals surface area contributed by atoms with Gasteiger partial charge in [0, 0.05) is 18.7 Å². The van der Waals surface area contributed by atoms with E-state index in [9.17, 15) is 14.4 Å². The number of hydrogen-bond donors (Lipinski definition) is 1. The molecule has 2 aromatic rings. The molecule has 0 aliphatic carbocycles. The fourth-order valence-electron chi connectivity index (χ4n) is 3.45. The molecule has 2 rings (SSSR count). The van der Waals surface area contributed by atoms with Crippen LogP contribution in [0, 0.1) is 19.8 Å². The molecule has 1 heterocycles. The van der Waals surface area contributed by atoms with Gasteiger partial charge in [0.15, 0.2) is 12.4 Å². The standard InChI is InChI=1S/C24H33N3O4/c1-16(2)14-27-18(4)21(17(3)26-27)11-12-24(30)31-15-23(29)25-22(19(5)28)13-20-9-7-6-8-10-20/h6-10,16,22H,11-15H2,1-5H3,(H,25,29). The van der Waals surface area contributed by atoms with Crippen molar-refractivity contribution in [2.75, 3.05) is 6.61 Å². The summed E-state index contributed by atoms with van der Waals surface area (Å²) in [5.74, 6) is -0.600. The molecule has 0 fully saturated rings. The van der Waals surface area contributed by atoms with Crippen LogP contribution in [0.3, 0.4) is 0 Å². The summed E-state index contributed by atoms with van der Waals surface area (Å²) in [7, 11) is 0. The molecule has 0 radical (unpaired) electrons. The first-order valence-corrected chi connectivity index (χ1v) is 10.7. The van der Waals surface area contributed by atoms with Crippen LogP contribution in [0.4, 0.5) is 0 Å². The Morgan fingerprint density at radius 2 is 1.81 bits per heavy atom. The smallest absolute Gasteiger partial charge is 0.306 e. The van der Waals surface area contributed by atoms with Crippen molar-refractivity contribution in [3.63, 3.8) is 0 Å². The third-order valence-corrected chi connectivity index (χ3v) is 5.12. The molecule has 0 spiro atoms. The molecule has 0 aliphatic heterocycles. The number of ketones is 1. The molecular formula is C24H33N3O4. The van der Waals surface area contributed by atoms with E-state index >= 15 is 0 Å². The normalized spacial score (nSPS) is 11.9. The zero-order valence-electron chi connectivity index (χ0n) is 19.1. The summed E-state index contributed by atoms with van der Waals surface area (Å²) in [5.41, 5.74) is 3.96. The van der Waals surface area contributed by atoms with E-state index < -0.39 is 24.5 Å². The molecule has 1 unspecified atom stereocenters. The van der Waals surface area contributed by atoms with Crippen molar-refractivity contribution in [2.24, 2.45) is 5.92 Å². The Morgan fingerprint density at radius 3 is 2.42 bits per heavy atom. The molecule has 0 aliphatic rings. The fourth-order valence-corrected chi connectivity index (χ4v) is 3.45. The van der Waals surface area contributed by atoms with Gasteiger partial charge in [-0.05, 0) is 50.7 Å². The van der Waals surface area contributed by atoms with Gasteiger partial charge in [0.1, 0.15) is 0 Å². The summed E-state index contributed by atoms with van der Waals surface area (Å²) < 4.78 is 7.09. The first kappa shape index (κ1) is 24.3. The summed E-state index contributed by atoms with van der Waals surface area (Å²) in [6.07, 6.45) is 1.08. The number of carbonyl (C=O) groups is 3. The number of nitrogens with one attached hydrogen (secondary N) is 1. The third-order valence-electron chi connectivity index (χ3n) is 5.12. The van der Waals surface area contributed by atoms with Crippen LogP contribution in [0.2, 0.25) is 0 Å². The van der Waals surface area contributed by atoms with Crippen molar-refractivity contribution in [1.29, 1.82) is 0 Å². The van der Waals surface area contributed by atoms with E-state index in [2.05, 4.69) is 24.3 Å². The Bertz CT molecular complexity index is 903. The number of benzene rings is 1. The van der Waals surface area contributed by atoms with Gasteiger partial charge in [0.2, 0.25) is 0 Å². The molecule has 1 aromatic carbocycles. The summed E-state index contributed by atoms with van der Waals surface area (Å²) in [6, 6.07) is 8.80. The number of hydrogen-bond acceptors (Lipinski definition) is 5. The Hall–Kier alpha value is -2.96. The van der Waals surface area contributed by atoms with Crippen LogP contribution in [-0.2, 0) is 38.5 Å². The van der Waals surface area contributed by atoms with Gasteiger partial charge < -0.3 is 10.1 Å². The number of esters is 1. The number of aromatic nitrogens is 2. The highest BCUT2D eigenvalue weighted by Crippen LogP contribution is 2.16. The van der Waals surface area contributed by atoms with E-state index in [-0.39, 0.29) is 12.2 Å². The minimum absolute atomic E-state index is 0.145. The van der Waals surface area contributed by atoms with Crippen molar-refractivity contribution in [3.8, 4) is 0 Å². The second-order valence-corrected chi connectivity index (χ2v) is 8.31. The van der Waals surface area contributed by atoms with Gasteiger partial charge >= 0.3 is 5.97 Å². The Balaban J connectivity index is 1.82. The molecule has 0 bridgehead atoms. The van der Waals surface area contributed by atoms with Gasteiger partial charge in [0.25, 0.3) is 5.91 Å². The molecule has 0 saturated heterocycles. The quantitative estimate of drug-likeness (QED) is 0.557. The SMILES string of the molecule is CC(=O)C(Cc1ccccc1)NC(=O)COC(=O)CCc1c(C)nn(CC(C)C)c1C. The van der Waals surface area contributed by atoms with Gasteiger partial charge in [-0.25, -0.2) is 0 Å². The summed E-state index contributed by atoms with van der Waals surface area (Å²) in [6.45, 7) is 10.1. The number of ether oxygens (including phenoxy) is 1. The van der Waals surface area contributed by atoms with Crippen molar-refractivity contribution >= 4 is 17.7 Å². The Labute approximate surface area is 184 Å². The second-order valence-electron chi connectivity index (χ2n) is 8.31. The van der Waals surface area contributed by atoms with Crippen molar-refractivity contribution in [1.82, 2.24) is 15.1 Å². The highest BCUT2D eigenvalue weighted by Gasteiger charge is 2.19. The molecule has 1 atom stereocenters. The number of carbonyl (C=O) groups excluding carboxylic acids is 3. The highest BCUT2D eigenvalue weighted by molar-refractivity contribution is 5.88. The highest BCUT2D eigenvalue weighted by atomic mass is 16.5. The summed E-state index contributed by atoms with van der Waals surface area (Å²) in [4.78, 5) is 36.2. The van der Waals surface area contributed by atoms with Crippen LogP contribution in [0.1, 0.15) is 49.7 Å². The van der Waals surface area contributed by atoms with Crippen LogP contribution in [0.5, 0.6) is 0 Å². The predicted octanol–water partition coefficient (Wildman–Crippen LogP) is 2.95. The van der Waals surface area contributed by atoms with Gasteiger partial charge in [-0.2, -0.15) is 5.10 Å². The predicted molar refractivity (Wildman–Crippen MR) is 119 cm³/mol. The van der Waals surface area contributed by atoms with Crippen LogP contribution in [0.15, 0.2) is 30.3 Å².